The molecule has 30 heavy (non-hydrogen) atoms. The number of halogens is 1. The Bertz CT molecular complexity index is 1040. The van der Waals surface area contributed by atoms with E-state index in [9.17, 15) is 9.59 Å². The van der Waals surface area contributed by atoms with Crippen LogP contribution >= 0.6 is 23.4 Å². The van der Waals surface area contributed by atoms with E-state index < -0.39 is 5.25 Å². The van der Waals surface area contributed by atoms with Crippen LogP contribution in [-0.4, -0.2) is 33.7 Å². The van der Waals surface area contributed by atoms with E-state index in [1.165, 1.54) is 11.8 Å². The zero-order valence-electron chi connectivity index (χ0n) is 17.2. The second kappa shape index (κ2) is 9.49. The predicted molar refractivity (Wildman–Crippen MR) is 126 cm³/mol. The summed E-state index contributed by atoms with van der Waals surface area (Å²) in [6.45, 7) is 9.93. The van der Waals surface area contributed by atoms with E-state index in [4.69, 9.17) is 11.6 Å². The molecular formula is C23H24ClN3O2S. The van der Waals surface area contributed by atoms with Gasteiger partial charge in [-0.15, -0.1) is 6.58 Å². The molecule has 2 aromatic carbocycles. The van der Waals surface area contributed by atoms with Crippen LogP contribution in [0, 0.1) is 20.8 Å². The second-order valence-corrected chi connectivity index (χ2v) is 8.75. The molecule has 2 amide bonds. The van der Waals surface area contributed by atoms with Crippen LogP contribution in [0.15, 0.2) is 54.0 Å². The Hall–Kier alpha value is -2.57. The first-order chi connectivity index (χ1) is 14.3. The number of hydrogen-bond acceptors (Lipinski definition) is 4. The van der Waals surface area contributed by atoms with Gasteiger partial charge >= 0.3 is 0 Å². The molecule has 5 nitrogen and oxygen atoms in total. The number of benzene rings is 2. The normalized spacial score (nSPS) is 17.5. The quantitative estimate of drug-likeness (QED) is 0.609. The number of nitrogens with zero attached hydrogens (tertiary/aromatic N) is 2. The molecule has 1 fully saturated rings. The van der Waals surface area contributed by atoms with Crippen molar-refractivity contribution in [3.63, 3.8) is 0 Å². The van der Waals surface area contributed by atoms with Crippen molar-refractivity contribution in [2.75, 3.05) is 11.9 Å². The van der Waals surface area contributed by atoms with Gasteiger partial charge in [-0.3, -0.25) is 14.5 Å². The Kier molecular flexibility index (Phi) is 7.00. The van der Waals surface area contributed by atoms with E-state index in [0.717, 1.165) is 22.4 Å². The number of amidine groups is 1. The first-order valence-electron chi connectivity index (χ1n) is 9.60. The molecule has 1 saturated heterocycles. The smallest absolute Gasteiger partial charge is 0.242 e. The van der Waals surface area contributed by atoms with Gasteiger partial charge in [0.15, 0.2) is 5.17 Å². The van der Waals surface area contributed by atoms with Crippen LogP contribution < -0.4 is 5.32 Å². The molecule has 0 radical (unpaired) electrons. The summed E-state index contributed by atoms with van der Waals surface area (Å²) in [7, 11) is 0. The van der Waals surface area contributed by atoms with Gasteiger partial charge in [-0.1, -0.05) is 47.6 Å². The van der Waals surface area contributed by atoms with E-state index in [1.807, 2.05) is 51.1 Å². The SMILES string of the molecule is C=CCN1C(=O)[C@H](CC(=O)Nc2cccc(C)c2C)SC1=Nc1ccc(C)c(Cl)c1. The highest BCUT2D eigenvalue weighted by Gasteiger charge is 2.38. The third kappa shape index (κ3) is 4.94. The molecule has 1 heterocycles. The summed E-state index contributed by atoms with van der Waals surface area (Å²) in [6.07, 6.45) is 1.72. The zero-order valence-corrected chi connectivity index (χ0v) is 18.8. The van der Waals surface area contributed by atoms with E-state index in [2.05, 4.69) is 16.9 Å². The number of carbonyl (C=O) groups is 2. The lowest BCUT2D eigenvalue weighted by molar-refractivity contribution is -0.127. The molecule has 2 aromatic rings. The number of nitrogens with one attached hydrogen (secondary N) is 1. The Labute approximate surface area is 186 Å². The highest BCUT2D eigenvalue weighted by atomic mass is 35.5. The number of thioether (sulfide) groups is 1. The molecule has 0 aliphatic carbocycles. The van der Waals surface area contributed by atoms with Gasteiger partial charge in [0, 0.05) is 23.7 Å². The average molecular weight is 442 g/mol. The Balaban J connectivity index is 1.77. The maximum absolute atomic E-state index is 12.9. The standard InChI is InChI=1S/C23H24ClN3O2S/c1-5-11-27-22(29)20(13-21(28)26-19-8-6-7-14(2)16(19)4)30-23(27)25-17-10-9-15(3)18(24)12-17/h5-10,12,20H,1,11,13H2,2-4H3,(H,26,28)/t20-/m0/s1. The van der Waals surface area contributed by atoms with E-state index in [-0.39, 0.29) is 18.2 Å². The number of hydrogen-bond donors (Lipinski definition) is 1. The second-order valence-electron chi connectivity index (χ2n) is 7.17. The van der Waals surface area contributed by atoms with Crippen LogP contribution in [0.2, 0.25) is 5.02 Å². The molecule has 1 atom stereocenters. The molecule has 0 aromatic heterocycles. The fraction of sp³-hybridized carbons (Fsp3) is 0.261. The highest BCUT2D eigenvalue weighted by Crippen LogP contribution is 2.33. The van der Waals surface area contributed by atoms with Crippen molar-refractivity contribution in [3.8, 4) is 0 Å². The van der Waals surface area contributed by atoms with Crippen molar-refractivity contribution in [1.29, 1.82) is 0 Å². The fourth-order valence-corrected chi connectivity index (χ4v) is 4.38. The highest BCUT2D eigenvalue weighted by molar-refractivity contribution is 8.15. The molecular weight excluding hydrogens is 418 g/mol. The van der Waals surface area contributed by atoms with Crippen molar-refractivity contribution >= 4 is 51.7 Å². The van der Waals surface area contributed by atoms with E-state index in [1.54, 1.807) is 17.0 Å². The van der Waals surface area contributed by atoms with Crippen LogP contribution in [0.25, 0.3) is 0 Å². The van der Waals surface area contributed by atoms with Gasteiger partial charge < -0.3 is 5.32 Å². The van der Waals surface area contributed by atoms with Crippen molar-refractivity contribution < 1.29 is 9.59 Å². The molecule has 0 spiro atoms. The monoisotopic (exact) mass is 441 g/mol. The van der Waals surface area contributed by atoms with Gasteiger partial charge in [0.2, 0.25) is 11.8 Å². The third-order valence-corrected chi connectivity index (χ3v) is 6.54. The molecule has 0 saturated carbocycles. The van der Waals surface area contributed by atoms with Gasteiger partial charge in [-0.2, -0.15) is 0 Å². The van der Waals surface area contributed by atoms with Crippen LogP contribution in [0.4, 0.5) is 11.4 Å². The topological polar surface area (TPSA) is 61.8 Å². The minimum Gasteiger partial charge on any atom is -0.326 e. The first kappa shape index (κ1) is 22.1. The van der Waals surface area contributed by atoms with Crippen molar-refractivity contribution in [1.82, 2.24) is 4.90 Å². The summed E-state index contributed by atoms with van der Waals surface area (Å²) >= 11 is 7.49. The van der Waals surface area contributed by atoms with E-state index >= 15 is 0 Å². The molecule has 0 bridgehead atoms. The van der Waals surface area contributed by atoms with Gasteiger partial charge in [-0.05, 0) is 55.7 Å². The number of amides is 2. The van der Waals surface area contributed by atoms with Crippen LogP contribution in [0.3, 0.4) is 0 Å². The zero-order chi connectivity index (χ0) is 21.8. The number of aryl methyl sites for hydroxylation is 2. The maximum Gasteiger partial charge on any atom is 0.242 e. The molecule has 1 N–H and O–H groups in total. The van der Waals surface area contributed by atoms with Crippen LogP contribution in [0.5, 0.6) is 0 Å². The largest absolute Gasteiger partial charge is 0.326 e. The molecule has 156 valence electrons. The van der Waals surface area contributed by atoms with E-state index in [0.29, 0.717) is 22.4 Å². The predicted octanol–water partition coefficient (Wildman–Crippen LogP) is 5.41. The van der Waals surface area contributed by atoms with Gasteiger partial charge in [0.1, 0.15) is 5.25 Å². The Morgan fingerprint density at radius 2 is 2.03 bits per heavy atom. The minimum atomic E-state index is -0.533. The van der Waals surface area contributed by atoms with Gasteiger partial charge in [-0.25, -0.2) is 4.99 Å². The summed E-state index contributed by atoms with van der Waals surface area (Å²) in [4.78, 5) is 31.7. The molecule has 1 aliphatic rings. The van der Waals surface area contributed by atoms with Gasteiger partial charge in [0.25, 0.3) is 0 Å². The Morgan fingerprint density at radius 3 is 2.73 bits per heavy atom. The number of anilines is 1. The van der Waals surface area contributed by atoms with Crippen molar-refractivity contribution in [2.45, 2.75) is 32.4 Å². The summed E-state index contributed by atoms with van der Waals surface area (Å²) in [6, 6.07) is 11.3. The summed E-state index contributed by atoms with van der Waals surface area (Å²) in [5, 5.41) is 3.55. The third-order valence-electron chi connectivity index (χ3n) is 4.96. The van der Waals surface area contributed by atoms with Crippen LogP contribution in [-0.2, 0) is 9.59 Å². The molecule has 3 rings (SSSR count). The lowest BCUT2D eigenvalue weighted by Gasteiger charge is -2.14. The summed E-state index contributed by atoms with van der Waals surface area (Å²) in [5.41, 5.74) is 4.50. The number of aliphatic imine (C=N–C) groups is 1. The lowest BCUT2D eigenvalue weighted by Crippen LogP contribution is -2.33. The summed E-state index contributed by atoms with van der Waals surface area (Å²) < 4.78 is 0. The maximum atomic E-state index is 12.9. The minimum absolute atomic E-state index is 0.0677. The number of rotatable bonds is 6. The first-order valence-corrected chi connectivity index (χ1v) is 10.9. The molecule has 1 aliphatic heterocycles. The Morgan fingerprint density at radius 1 is 1.27 bits per heavy atom. The van der Waals surface area contributed by atoms with Crippen molar-refractivity contribution in [3.05, 3.63) is 70.8 Å². The summed E-state index contributed by atoms with van der Waals surface area (Å²) in [5.74, 6) is -0.347. The fourth-order valence-electron chi connectivity index (χ4n) is 3.04. The van der Waals surface area contributed by atoms with Crippen molar-refractivity contribution in [2.24, 2.45) is 4.99 Å². The molecule has 0 unspecified atom stereocenters. The number of carbonyl (C=O) groups excluding carboxylic acids is 2. The average Bonchev–Trinajstić information content (AvgIpc) is 2.97. The van der Waals surface area contributed by atoms with Crippen LogP contribution in [0.1, 0.15) is 23.1 Å². The molecule has 7 heteroatoms. The lowest BCUT2D eigenvalue weighted by atomic mass is 10.1. The van der Waals surface area contributed by atoms with Gasteiger partial charge in [0.05, 0.1) is 5.69 Å².